The molecule has 0 saturated carbocycles. The van der Waals surface area contributed by atoms with E-state index in [2.05, 4.69) is 73.8 Å². The van der Waals surface area contributed by atoms with E-state index in [1.807, 2.05) is 0 Å². The molecule has 0 bridgehead atoms. The number of carbonyl (C=O) groups is 9. The summed E-state index contributed by atoms with van der Waals surface area (Å²) in [4.78, 5) is 131. The number of amides is 9. The molecule has 0 aliphatic carbocycles. The Bertz CT molecular complexity index is 2500. The Hall–Kier alpha value is -8.81. The summed E-state index contributed by atoms with van der Waals surface area (Å²) in [6.07, 6.45) is 3.05. The first-order valence-electron chi connectivity index (χ1n) is 27.6. The summed E-state index contributed by atoms with van der Waals surface area (Å²) in [7, 11) is 1.56. The number of aliphatic hydroxyl groups excluding tert-OH is 1. The molecule has 32 heteroatoms. The van der Waals surface area contributed by atoms with Crippen LogP contribution in [0, 0.1) is 28.1 Å². The zero-order valence-electron chi connectivity index (χ0n) is 48.5. The fourth-order valence-electron chi connectivity index (χ4n) is 8.30. The lowest BCUT2D eigenvalue weighted by molar-refractivity contribution is -0.136. The molecule has 468 valence electrons. The second-order valence-corrected chi connectivity index (χ2v) is 20.9. The van der Waals surface area contributed by atoms with Gasteiger partial charge in [0.15, 0.2) is 17.9 Å². The van der Waals surface area contributed by atoms with Crippen molar-refractivity contribution in [2.75, 3.05) is 33.3 Å². The third-order valence-corrected chi connectivity index (χ3v) is 12.8. The zero-order valence-corrected chi connectivity index (χ0v) is 48.5. The summed E-state index contributed by atoms with van der Waals surface area (Å²) < 4.78 is 0. The van der Waals surface area contributed by atoms with Crippen molar-refractivity contribution in [2.24, 2.45) is 34.8 Å². The molecule has 2 aromatic rings. The number of nitrogens with zero attached hydrogens (tertiary/aromatic N) is 1. The molecule has 1 heterocycles. The van der Waals surface area contributed by atoms with Gasteiger partial charge in [0.25, 0.3) is 0 Å². The Morgan fingerprint density at radius 3 is 1.23 bits per heavy atom. The topological polar surface area (TPSA) is 543 Å². The van der Waals surface area contributed by atoms with Crippen LogP contribution in [0.1, 0.15) is 97.2 Å². The first-order chi connectivity index (χ1) is 39.6. The van der Waals surface area contributed by atoms with E-state index in [1.165, 1.54) is 31.6 Å². The molecule has 0 spiro atoms. The average Bonchev–Trinajstić information content (AvgIpc) is 4.00. The highest BCUT2D eigenvalue weighted by Gasteiger charge is 2.35. The van der Waals surface area contributed by atoms with Crippen molar-refractivity contribution in [3.05, 3.63) is 48.0 Å². The van der Waals surface area contributed by atoms with E-state index in [0.717, 1.165) is 0 Å². The van der Waals surface area contributed by atoms with Crippen LogP contribution in [0.2, 0.25) is 0 Å². The molecule has 26 N–H and O–H groups in total. The molecule has 0 unspecified atom stereocenters. The van der Waals surface area contributed by atoms with Crippen molar-refractivity contribution in [1.29, 1.82) is 16.2 Å². The van der Waals surface area contributed by atoms with Gasteiger partial charge < -0.3 is 102 Å². The number of aromatic hydroxyl groups is 1. The second-order valence-electron chi connectivity index (χ2n) is 20.9. The van der Waals surface area contributed by atoms with Crippen LogP contribution in [-0.4, -0.2) is 179 Å². The monoisotopic (exact) mass is 1180 g/mol. The summed E-state index contributed by atoms with van der Waals surface area (Å²) in [5.41, 5.74) is 22.8. The maximum Gasteiger partial charge on any atom is 0.245 e. The lowest BCUT2D eigenvalue weighted by Crippen LogP contribution is -2.61. The maximum absolute atomic E-state index is 14.6. The third kappa shape index (κ3) is 27.8. The molecule has 0 aliphatic heterocycles. The van der Waals surface area contributed by atoms with Gasteiger partial charge >= 0.3 is 0 Å². The molecular formula is C52H89N21O11. The van der Waals surface area contributed by atoms with E-state index in [1.54, 1.807) is 46.9 Å². The molecule has 0 radical (unpaired) electrons. The number of hydrogen-bond donors (Lipinski definition) is 22. The number of phenolic OH excluding ortho intramolecular Hbond substituents is 1. The smallest absolute Gasteiger partial charge is 0.245 e. The van der Waals surface area contributed by atoms with Crippen molar-refractivity contribution < 1.29 is 53.4 Å². The highest BCUT2D eigenvalue weighted by Crippen LogP contribution is 2.14. The number of primary amides is 1. The Kier molecular flexibility index (Phi) is 31.7. The van der Waals surface area contributed by atoms with Gasteiger partial charge in [-0.15, -0.1) is 0 Å². The van der Waals surface area contributed by atoms with Gasteiger partial charge in [0, 0.05) is 32.3 Å². The molecule has 2 rings (SSSR count). The Labute approximate surface area is 488 Å². The van der Waals surface area contributed by atoms with E-state index >= 15 is 0 Å². The Morgan fingerprint density at radius 2 is 0.869 bits per heavy atom. The summed E-state index contributed by atoms with van der Waals surface area (Å²) >= 11 is 0. The zero-order chi connectivity index (χ0) is 63.1. The summed E-state index contributed by atoms with van der Waals surface area (Å²) in [6.45, 7) is 7.80. The predicted molar refractivity (Wildman–Crippen MR) is 311 cm³/mol. The largest absolute Gasteiger partial charge is 0.508 e. The van der Waals surface area contributed by atoms with Crippen molar-refractivity contribution in [1.82, 2.24) is 73.8 Å². The maximum atomic E-state index is 14.6. The summed E-state index contributed by atoms with van der Waals surface area (Å²) in [5, 5.41) is 74.3. The molecule has 0 saturated heterocycles. The SMILES string of the molecule is CN[C@@H](Cc1ccc(O)cc1)C(=O)N[C@@H](CCCNC(=N)N)C(=O)N[C@@H](Cc1c[nH]cn1)C(=O)N[C@@H](CCCNC(=N)N)C(=O)N[C@@H](CCCNC(=N)N)C(=O)N[C@@H](CC(C)C)C(=O)N[C@@H](CC(C)C)C(=O)N[C@@H](CO)C(=O)N[C@@H](C)C(N)=O. The number of likely N-dealkylation sites (N-methyl/N-ethyl adjacent to an activating group) is 1. The fraction of sp³-hybridized carbons (Fsp3) is 0.596. The van der Waals surface area contributed by atoms with Gasteiger partial charge in [0.05, 0.1) is 24.7 Å². The summed E-state index contributed by atoms with van der Waals surface area (Å²) in [5.74, 6) is -8.95. The van der Waals surface area contributed by atoms with E-state index in [0.29, 0.717) is 11.3 Å². The van der Waals surface area contributed by atoms with Gasteiger partial charge in [0.2, 0.25) is 53.2 Å². The Morgan fingerprint density at radius 1 is 0.512 bits per heavy atom. The van der Waals surface area contributed by atoms with Gasteiger partial charge in [-0.25, -0.2) is 4.98 Å². The minimum absolute atomic E-state index is 0.00271. The van der Waals surface area contributed by atoms with Crippen LogP contribution in [0.25, 0.3) is 0 Å². The van der Waals surface area contributed by atoms with Gasteiger partial charge in [-0.05, 0) is 101 Å². The number of aromatic nitrogens is 2. The highest BCUT2D eigenvalue weighted by molar-refractivity contribution is 5.98. The van der Waals surface area contributed by atoms with Gasteiger partial charge in [0.1, 0.15) is 54.1 Å². The molecule has 0 aliphatic rings. The number of hydrogen-bond acceptors (Lipinski definition) is 16. The number of nitrogens with one attached hydrogen (secondary N) is 16. The quantitative estimate of drug-likeness (QED) is 0.0169. The first-order valence-corrected chi connectivity index (χ1v) is 27.6. The van der Waals surface area contributed by atoms with Crippen LogP contribution in [0.15, 0.2) is 36.8 Å². The molecule has 9 atom stereocenters. The van der Waals surface area contributed by atoms with Gasteiger partial charge in [-0.1, -0.05) is 39.8 Å². The van der Waals surface area contributed by atoms with Gasteiger partial charge in [-0.3, -0.25) is 59.4 Å². The van der Waals surface area contributed by atoms with Crippen LogP contribution in [0.4, 0.5) is 0 Å². The molecule has 9 amide bonds. The van der Waals surface area contributed by atoms with Crippen molar-refractivity contribution in [2.45, 2.75) is 153 Å². The minimum atomic E-state index is -1.54. The number of guanidine groups is 3. The van der Waals surface area contributed by atoms with Crippen LogP contribution >= 0.6 is 0 Å². The normalized spacial score (nSPS) is 14.2. The lowest BCUT2D eigenvalue weighted by atomic mass is 9.99. The molecule has 0 fully saturated rings. The van der Waals surface area contributed by atoms with Crippen molar-refractivity contribution >= 4 is 71.0 Å². The minimum Gasteiger partial charge on any atom is -0.508 e. The number of phenols is 1. The molecule has 1 aromatic carbocycles. The van der Waals surface area contributed by atoms with E-state index in [4.69, 9.17) is 39.2 Å². The number of H-pyrrole nitrogens is 1. The van der Waals surface area contributed by atoms with E-state index in [9.17, 15) is 53.4 Å². The lowest BCUT2D eigenvalue weighted by Gasteiger charge is -2.29. The predicted octanol–water partition coefficient (Wildman–Crippen LogP) is -5.25. The van der Waals surface area contributed by atoms with Crippen molar-refractivity contribution in [3.63, 3.8) is 0 Å². The van der Waals surface area contributed by atoms with E-state index < -0.39 is 114 Å². The number of benzene rings is 1. The van der Waals surface area contributed by atoms with Crippen LogP contribution in [0.5, 0.6) is 5.75 Å². The highest BCUT2D eigenvalue weighted by atomic mass is 16.3. The number of carbonyl (C=O) groups excluding carboxylic acids is 9. The molecular weight excluding hydrogens is 1090 g/mol. The standard InChI is InChI=1S/C52H89N21O11/c1-27(2)20-37(46(81)71-38(21-28(3)4)47(82)73-40(25-74)49(84)66-29(5)41(53)76)70-43(78)34(11-8-18-63-51(56)57)67-42(77)33(10-7-17-62-50(54)55)69-48(83)39(23-31-24-61-26-65-31)72-44(79)35(12-9-19-64-52(58)59)68-45(80)36(60-6)22-30-13-15-32(75)16-14-30/h13-16,24,26-29,33-40,60,74-75H,7-12,17-23,25H2,1-6H3,(H2,53,76)(H,61,65)(H,66,84)(H,67,77)(H,68,80)(H,69,83)(H,70,78)(H,71,81)(H,72,79)(H,73,82)(H4,54,55,62)(H4,56,57,63)(H4,58,59,64)/t29-,33-,34-,35-,36-,37-,38-,39-,40-/m0/s1. The summed E-state index contributed by atoms with van der Waals surface area (Å²) in [6, 6.07) is -5.54. The molecule has 32 nitrogen and oxygen atoms in total. The number of imidazole rings is 1. The Balaban J connectivity index is 2.55. The van der Waals surface area contributed by atoms with Crippen molar-refractivity contribution in [3.8, 4) is 5.75 Å². The number of rotatable bonds is 39. The molecule has 84 heavy (non-hydrogen) atoms. The number of nitrogens with two attached hydrogens (primary N) is 4. The fourth-order valence-corrected chi connectivity index (χ4v) is 8.30. The first kappa shape index (κ1) is 71.3. The van der Waals surface area contributed by atoms with Gasteiger partial charge in [-0.2, -0.15) is 0 Å². The third-order valence-electron chi connectivity index (χ3n) is 12.8. The molecule has 1 aromatic heterocycles. The average molecular weight is 1180 g/mol. The number of aromatic amines is 1. The van der Waals surface area contributed by atoms with Crippen LogP contribution < -0.4 is 86.7 Å². The van der Waals surface area contributed by atoms with E-state index in [-0.39, 0.29) is 119 Å². The number of aliphatic hydroxyl groups is 1. The second kappa shape index (κ2) is 37.3. The van der Waals surface area contributed by atoms with Crippen LogP contribution in [0.3, 0.4) is 0 Å². The van der Waals surface area contributed by atoms with Crippen LogP contribution in [-0.2, 0) is 56.0 Å².